The number of hydrogen-bond donors (Lipinski definition) is 0. The van der Waals surface area contributed by atoms with Crippen molar-refractivity contribution in [3.05, 3.63) is 105 Å². The molecule has 154 valence electrons. The maximum atomic E-state index is 13.0. The molecule has 0 bridgehead atoms. The van der Waals surface area contributed by atoms with E-state index in [-0.39, 0.29) is 9.80 Å². The van der Waals surface area contributed by atoms with Gasteiger partial charge in [0.15, 0.2) is 0 Å². The zero-order valence-electron chi connectivity index (χ0n) is 16.2. The number of rotatable bonds is 5. The van der Waals surface area contributed by atoms with E-state index in [4.69, 9.17) is 23.2 Å². The Hall–Kier alpha value is -3.04. The fourth-order valence-electron chi connectivity index (χ4n) is 3.40. The molecule has 1 aromatic heterocycles. The van der Waals surface area contributed by atoms with Crippen LogP contribution in [0.15, 0.2) is 88.8 Å². The third-order valence-electron chi connectivity index (χ3n) is 4.87. The summed E-state index contributed by atoms with van der Waals surface area (Å²) in [6.45, 7) is 0.556. The summed E-state index contributed by atoms with van der Waals surface area (Å²) >= 11 is 12.0. The third kappa shape index (κ3) is 4.38. The zero-order chi connectivity index (χ0) is 22.0. The molecule has 0 atom stereocenters. The van der Waals surface area contributed by atoms with Gasteiger partial charge in [-0.3, -0.25) is 0 Å². The summed E-state index contributed by atoms with van der Waals surface area (Å²) in [5.74, 6) is 0. The van der Waals surface area contributed by atoms with E-state index in [1.807, 2.05) is 65.4 Å². The van der Waals surface area contributed by atoms with Crippen molar-refractivity contribution in [2.75, 3.05) is 0 Å². The van der Waals surface area contributed by atoms with Gasteiger partial charge in [-0.25, -0.2) is 8.42 Å². The number of aromatic nitrogens is 1. The largest absolute Gasteiger partial charge is 0.342 e. The molecule has 4 aromatic rings. The summed E-state index contributed by atoms with van der Waals surface area (Å²) in [6.07, 6.45) is 3.26. The SMILES string of the molecule is N#C/C(=C\c1cn(Cc2cccc(Cl)c2)c2ccccc12)S(=O)(=O)c1ccc(Cl)cc1. The van der Waals surface area contributed by atoms with Crippen LogP contribution in [0.1, 0.15) is 11.1 Å². The van der Waals surface area contributed by atoms with E-state index in [0.29, 0.717) is 22.2 Å². The number of nitrogens with zero attached hydrogens (tertiary/aromatic N) is 2. The van der Waals surface area contributed by atoms with Gasteiger partial charge in [0.25, 0.3) is 0 Å². The van der Waals surface area contributed by atoms with Crippen molar-refractivity contribution in [2.24, 2.45) is 0 Å². The van der Waals surface area contributed by atoms with Gasteiger partial charge in [0, 0.05) is 39.3 Å². The summed E-state index contributed by atoms with van der Waals surface area (Å²) in [7, 11) is -3.98. The number of hydrogen-bond acceptors (Lipinski definition) is 3. The molecule has 0 amide bonds. The van der Waals surface area contributed by atoms with Crippen LogP contribution in [0.2, 0.25) is 10.0 Å². The van der Waals surface area contributed by atoms with Crippen molar-refractivity contribution in [2.45, 2.75) is 11.4 Å². The lowest BCUT2D eigenvalue weighted by Gasteiger charge is -2.06. The first-order chi connectivity index (χ1) is 14.9. The van der Waals surface area contributed by atoms with Crippen LogP contribution in [-0.2, 0) is 16.4 Å². The Bertz CT molecular complexity index is 1450. The highest BCUT2D eigenvalue weighted by Gasteiger charge is 2.21. The van der Waals surface area contributed by atoms with E-state index in [2.05, 4.69) is 0 Å². The Morgan fingerprint density at radius 1 is 0.968 bits per heavy atom. The third-order valence-corrected chi connectivity index (χ3v) is 7.04. The highest BCUT2D eigenvalue weighted by atomic mass is 35.5. The lowest BCUT2D eigenvalue weighted by molar-refractivity contribution is 0.603. The Kier molecular flexibility index (Phi) is 5.88. The van der Waals surface area contributed by atoms with Crippen LogP contribution in [0.5, 0.6) is 0 Å². The average Bonchev–Trinajstić information content (AvgIpc) is 3.09. The fourth-order valence-corrected chi connectivity index (χ4v) is 4.89. The molecule has 4 nitrogen and oxygen atoms in total. The average molecular weight is 467 g/mol. The normalized spacial score (nSPS) is 12.1. The molecule has 3 aromatic carbocycles. The molecule has 4 rings (SSSR count). The second-order valence-electron chi connectivity index (χ2n) is 6.94. The topological polar surface area (TPSA) is 62.9 Å². The number of sulfone groups is 1. The summed E-state index contributed by atoms with van der Waals surface area (Å²) in [5, 5.41) is 11.6. The molecule has 0 aliphatic carbocycles. The lowest BCUT2D eigenvalue weighted by Crippen LogP contribution is -2.03. The molecule has 31 heavy (non-hydrogen) atoms. The molecule has 0 spiro atoms. The predicted molar refractivity (Wildman–Crippen MR) is 125 cm³/mol. The Balaban J connectivity index is 1.81. The summed E-state index contributed by atoms with van der Waals surface area (Å²) in [4.78, 5) is -0.312. The van der Waals surface area contributed by atoms with Gasteiger partial charge < -0.3 is 4.57 Å². The van der Waals surface area contributed by atoms with Gasteiger partial charge in [-0.2, -0.15) is 5.26 Å². The summed E-state index contributed by atoms with van der Waals surface area (Å²) in [6, 6.07) is 22.8. The minimum Gasteiger partial charge on any atom is -0.342 e. The molecular formula is C24H16Cl2N2O2S. The standard InChI is InChI=1S/C24H16Cl2N2O2S/c25-19-8-10-21(11-9-19)31(29,30)22(14-27)13-18-16-28(24-7-2-1-6-23(18)24)15-17-4-3-5-20(26)12-17/h1-13,16H,15H2/b22-13+. The smallest absolute Gasteiger partial charge is 0.216 e. The van der Waals surface area contributed by atoms with Crippen LogP contribution in [0.3, 0.4) is 0 Å². The number of para-hydroxylation sites is 1. The molecular weight excluding hydrogens is 451 g/mol. The number of halogens is 2. The van der Waals surface area contributed by atoms with Crippen LogP contribution < -0.4 is 0 Å². The number of nitriles is 1. The highest BCUT2D eigenvalue weighted by molar-refractivity contribution is 7.95. The van der Waals surface area contributed by atoms with E-state index in [9.17, 15) is 13.7 Å². The highest BCUT2D eigenvalue weighted by Crippen LogP contribution is 2.28. The first-order valence-electron chi connectivity index (χ1n) is 9.33. The molecule has 0 aliphatic heterocycles. The molecule has 0 saturated heterocycles. The number of fused-ring (bicyclic) bond motifs is 1. The van der Waals surface area contributed by atoms with E-state index in [1.54, 1.807) is 0 Å². The minimum atomic E-state index is -3.98. The summed E-state index contributed by atoms with van der Waals surface area (Å²) in [5.41, 5.74) is 2.58. The second-order valence-corrected chi connectivity index (χ2v) is 9.73. The molecule has 0 aliphatic rings. The van der Waals surface area contributed by atoms with Crippen LogP contribution >= 0.6 is 23.2 Å². The van der Waals surface area contributed by atoms with Crippen LogP contribution in [0, 0.1) is 11.3 Å². The molecule has 0 unspecified atom stereocenters. The fraction of sp³-hybridized carbons (Fsp3) is 0.0417. The van der Waals surface area contributed by atoms with Crippen LogP contribution in [-0.4, -0.2) is 13.0 Å². The van der Waals surface area contributed by atoms with Gasteiger partial charge >= 0.3 is 0 Å². The van der Waals surface area contributed by atoms with E-state index >= 15 is 0 Å². The van der Waals surface area contributed by atoms with Gasteiger partial charge in [-0.15, -0.1) is 0 Å². The molecule has 1 heterocycles. The van der Waals surface area contributed by atoms with E-state index in [1.165, 1.54) is 30.3 Å². The molecule has 0 radical (unpaired) electrons. The maximum absolute atomic E-state index is 13.0. The van der Waals surface area contributed by atoms with Gasteiger partial charge in [-0.1, -0.05) is 53.5 Å². The molecule has 0 N–H and O–H groups in total. The van der Waals surface area contributed by atoms with Crippen molar-refractivity contribution >= 4 is 50.0 Å². The predicted octanol–water partition coefficient (Wildman–Crippen LogP) is 6.33. The van der Waals surface area contributed by atoms with E-state index < -0.39 is 9.84 Å². The van der Waals surface area contributed by atoms with Crippen LogP contribution in [0.4, 0.5) is 0 Å². The van der Waals surface area contributed by atoms with Crippen molar-refractivity contribution < 1.29 is 8.42 Å². The van der Waals surface area contributed by atoms with Crippen molar-refractivity contribution in [1.29, 1.82) is 5.26 Å². The van der Waals surface area contributed by atoms with Crippen molar-refractivity contribution in [3.8, 4) is 6.07 Å². The Labute approximate surface area is 190 Å². The number of benzene rings is 3. The molecule has 0 saturated carbocycles. The quantitative estimate of drug-likeness (QED) is 0.322. The minimum absolute atomic E-state index is 0.0207. The van der Waals surface area contributed by atoms with Gasteiger partial charge in [0.05, 0.1) is 4.90 Å². The first-order valence-corrected chi connectivity index (χ1v) is 11.6. The molecule has 0 fully saturated rings. The lowest BCUT2D eigenvalue weighted by atomic mass is 10.1. The number of allylic oxidation sites excluding steroid dienone is 1. The van der Waals surface area contributed by atoms with Crippen molar-refractivity contribution in [1.82, 2.24) is 4.57 Å². The molecule has 7 heteroatoms. The van der Waals surface area contributed by atoms with Gasteiger partial charge in [-0.05, 0) is 54.1 Å². The van der Waals surface area contributed by atoms with Crippen molar-refractivity contribution in [3.63, 3.8) is 0 Å². The van der Waals surface area contributed by atoms with E-state index in [0.717, 1.165) is 16.5 Å². The summed E-state index contributed by atoms with van der Waals surface area (Å²) < 4.78 is 28.0. The maximum Gasteiger partial charge on any atom is 0.216 e. The second kappa shape index (κ2) is 8.60. The van der Waals surface area contributed by atoms with Gasteiger partial charge in [0.2, 0.25) is 9.84 Å². The first kappa shape index (κ1) is 21.2. The van der Waals surface area contributed by atoms with Crippen LogP contribution in [0.25, 0.3) is 17.0 Å². The Morgan fingerprint density at radius 3 is 2.42 bits per heavy atom. The Morgan fingerprint density at radius 2 is 1.71 bits per heavy atom. The van der Waals surface area contributed by atoms with Gasteiger partial charge in [0.1, 0.15) is 11.0 Å². The zero-order valence-corrected chi connectivity index (χ0v) is 18.5. The monoisotopic (exact) mass is 466 g/mol.